The highest BCUT2D eigenvalue weighted by molar-refractivity contribution is 5.32. The van der Waals surface area contributed by atoms with Crippen molar-refractivity contribution in [1.82, 2.24) is 0 Å². The van der Waals surface area contributed by atoms with Crippen LogP contribution in [0, 0.1) is 45.3 Å². The van der Waals surface area contributed by atoms with Crippen molar-refractivity contribution < 1.29 is 5.11 Å². The second-order valence-electron chi connectivity index (χ2n) is 13.6. The van der Waals surface area contributed by atoms with Gasteiger partial charge in [0.15, 0.2) is 0 Å². The minimum absolute atomic E-state index is 0.0583. The first-order valence-corrected chi connectivity index (χ1v) is 13.4. The molecular formula is C30H50O. The quantitative estimate of drug-likeness (QED) is 0.448. The summed E-state index contributed by atoms with van der Waals surface area (Å²) in [4.78, 5) is 0. The lowest BCUT2D eigenvalue weighted by molar-refractivity contribution is -0.124. The van der Waals surface area contributed by atoms with E-state index in [1.54, 1.807) is 5.57 Å². The smallest absolute Gasteiger partial charge is 0.0628 e. The lowest BCUT2D eigenvalue weighted by Crippen LogP contribution is -2.57. The van der Waals surface area contributed by atoms with Gasteiger partial charge in [-0.1, -0.05) is 64.8 Å². The summed E-state index contributed by atoms with van der Waals surface area (Å²) in [7, 11) is 0. The van der Waals surface area contributed by atoms with Gasteiger partial charge in [0.2, 0.25) is 0 Å². The molecular weight excluding hydrogens is 376 g/mol. The monoisotopic (exact) mass is 426 g/mol. The van der Waals surface area contributed by atoms with Gasteiger partial charge in [0, 0.05) is 5.41 Å². The van der Waals surface area contributed by atoms with E-state index in [9.17, 15) is 5.11 Å². The SMILES string of the molecule is CC(C)=CCC[C@H](C)[C@H]1CC[C@]2(C)[C@@H]3CC=C4C(C)(C)[C@@H](O)CC[C@]4(C)[C@H]3CC[C@@]12C. The number of hydrogen-bond donors (Lipinski definition) is 1. The van der Waals surface area contributed by atoms with Crippen LogP contribution in [0.1, 0.15) is 113 Å². The average Bonchev–Trinajstić information content (AvgIpc) is 2.96. The zero-order chi connectivity index (χ0) is 22.8. The molecule has 31 heavy (non-hydrogen) atoms. The summed E-state index contributed by atoms with van der Waals surface area (Å²) in [5, 5.41) is 10.8. The molecule has 0 amide bonds. The Bertz CT molecular complexity index is 754. The Morgan fingerprint density at radius 3 is 2.35 bits per heavy atom. The molecule has 0 heterocycles. The number of rotatable bonds is 4. The van der Waals surface area contributed by atoms with Crippen LogP contribution >= 0.6 is 0 Å². The second kappa shape index (κ2) is 7.75. The van der Waals surface area contributed by atoms with E-state index in [-0.39, 0.29) is 11.5 Å². The highest BCUT2D eigenvalue weighted by Crippen LogP contribution is 2.73. The maximum absolute atomic E-state index is 10.8. The van der Waals surface area contributed by atoms with Crippen molar-refractivity contribution >= 4 is 0 Å². The highest BCUT2D eigenvalue weighted by Gasteiger charge is 2.65. The second-order valence-corrected chi connectivity index (χ2v) is 13.6. The number of aliphatic hydroxyl groups is 1. The first kappa shape index (κ1) is 23.6. The fourth-order valence-electron chi connectivity index (χ4n) is 9.57. The van der Waals surface area contributed by atoms with Crippen molar-refractivity contribution in [3.05, 3.63) is 23.3 Å². The molecule has 4 rings (SSSR count). The summed E-state index contributed by atoms with van der Waals surface area (Å²) >= 11 is 0. The average molecular weight is 427 g/mol. The lowest BCUT2D eigenvalue weighted by Gasteiger charge is -2.64. The molecule has 3 saturated carbocycles. The Balaban J connectivity index is 1.62. The van der Waals surface area contributed by atoms with Crippen molar-refractivity contribution in [2.24, 2.45) is 45.3 Å². The van der Waals surface area contributed by atoms with Crippen LogP contribution in [-0.2, 0) is 0 Å². The van der Waals surface area contributed by atoms with Gasteiger partial charge in [0.1, 0.15) is 0 Å². The van der Waals surface area contributed by atoms with Crippen LogP contribution in [-0.4, -0.2) is 11.2 Å². The molecule has 0 bridgehead atoms. The zero-order valence-electron chi connectivity index (χ0n) is 21.9. The minimum Gasteiger partial charge on any atom is -0.392 e. The molecule has 0 aromatic heterocycles. The van der Waals surface area contributed by atoms with Crippen LogP contribution in [0.3, 0.4) is 0 Å². The maximum atomic E-state index is 10.8. The molecule has 0 aliphatic heterocycles. The van der Waals surface area contributed by atoms with Crippen LogP contribution in [0.15, 0.2) is 23.3 Å². The Morgan fingerprint density at radius 1 is 1.00 bits per heavy atom. The first-order chi connectivity index (χ1) is 14.4. The summed E-state index contributed by atoms with van der Waals surface area (Å²) in [6.07, 6.45) is 16.6. The molecule has 0 saturated heterocycles. The van der Waals surface area contributed by atoms with Crippen LogP contribution in [0.2, 0.25) is 0 Å². The predicted molar refractivity (Wildman–Crippen MR) is 133 cm³/mol. The molecule has 0 unspecified atom stereocenters. The van der Waals surface area contributed by atoms with Gasteiger partial charge in [0.05, 0.1) is 6.10 Å². The molecule has 3 fully saturated rings. The molecule has 0 aromatic carbocycles. The van der Waals surface area contributed by atoms with E-state index in [1.807, 2.05) is 0 Å². The van der Waals surface area contributed by atoms with Gasteiger partial charge in [-0.25, -0.2) is 0 Å². The van der Waals surface area contributed by atoms with Crippen molar-refractivity contribution in [3.8, 4) is 0 Å². The first-order valence-electron chi connectivity index (χ1n) is 13.4. The summed E-state index contributed by atoms with van der Waals surface area (Å²) in [5.74, 6) is 3.33. The number of aliphatic hydroxyl groups excluding tert-OH is 1. The van der Waals surface area contributed by atoms with Crippen molar-refractivity contribution in [2.75, 3.05) is 0 Å². The van der Waals surface area contributed by atoms with E-state index in [1.165, 1.54) is 56.9 Å². The third-order valence-corrected chi connectivity index (χ3v) is 11.7. The third kappa shape index (κ3) is 3.34. The van der Waals surface area contributed by atoms with E-state index >= 15 is 0 Å². The van der Waals surface area contributed by atoms with Crippen LogP contribution in [0.5, 0.6) is 0 Å². The van der Waals surface area contributed by atoms with E-state index in [4.69, 9.17) is 0 Å². The number of fused-ring (bicyclic) bond motifs is 5. The summed E-state index contributed by atoms with van der Waals surface area (Å²) in [6.45, 7) is 19.6. The molecule has 4 aliphatic carbocycles. The molecule has 4 aliphatic rings. The molecule has 0 aromatic rings. The van der Waals surface area contributed by atoms with E-state index in [0.29, 0.717) is 16.2 Å². The van der Waals surface area contributed by atoms with Gasteiger partial charge in [-0.3, -0.25) is 0 Å². The largest absolute Gasteiger partial charge is 0.392 e. The molecule has 8 atom stereocenters. The standard InChI is InChI=1S/C30H50O/c1-20(2)10-9-11-21(3)22-14-18-30(8)24-12-13-25-27(4,5)26(31)16-17-28(25,6)23(24)15-19-29(22,30)7/h10,13,21-24,26,31H,9,11-12,14-19H2,1-8H3/t21-,22+,23-,24+,26-,28+,29-,30+/m0/s1. The number of allylic oxidation sites excluding steroid dienone is 3. The van der Waals surface area contributed by atoms with Gasteiger partial charge in [-0.05, 0) is 112 Å². The van der Waals surface area contributed by atoms with Crippen molar-refractivity contribution in [3.63, 3.8) is 0 Å². The number of hydrogen-bond acceptors (Lipinski definition) is 1. The predicted octanol–water partition coefficient (Wildman–Crippen LogP) is 8.34. The summed E-state index contributed by atoms with van der Waals surface area (Å²) < 4.78 is 0. The summed E-state index contributed by atoms with van der Waals surface area (Å²) in [6, 6.07) is 0. The Kier molecular flexibility index (Phi) is 5.90. The summed E-state index contributed by atoms with van der Waals surface area (Å²) in [5.41, 5.74) is 4.26. The topological polar surface area (TPSA) is 20.2 Å². The van der Waals surface area contributed by atoms with Gasteiger partial charge in [0.25, 0.3) is 0 Å². The van der Waals surface area contributed by atoms with Gasteiger partial charge >= 0.3 is 0 Å². The Morgan fingerprint density at radius 2 is 1.68 bits per heavy atom. The molecule has 0 radical (unpaired) electrons. The van der Waals surface area contributed by atoms with Gasteiger partial charge in [-0.15, -0.1) is 0 Å². The molecule has 0 spiro atoms. The highest BCUT2D eigenvalue weighted by atomic mass is 16.3. The Hall–Kier alpha value is -0.560. The zero-order valence-corrected chi connectivity index (χ0v) is 21.9. The van der Waals surface area contributed by atoms with Crippen LogP contribution in [0.25, 0.3) is 0 Å². The maximum Gasteiger partial charge on any atom is 0.0628 e. The molecule has 1 heteroatoms. The van der Waals surface area contributed by atoms with Crippen LogP contribution in [0.4, 0.5) is 0 Å². The van der Waals surface area contributed by atoms with E-state index in [0.717, 1.165) is 30.1 Å². The Labute approximate surface area is 193 Å². The van der Waals surface area contributed by atoms with Crippen molar-refractivity contribution in [2.45, 2.75) is 119 Å². The minimum atomic E-state index is -0.176. The van der Waals surface area contributed by atoms with E-state index in [2.05, 4.69) is 67.5 Å². The van der Waals surface area contributed by atoms with E-state index < -0.39 is 0 Å². The van der Waals surface area contributed by atoms with Gasteiger partial charge < -0.3 is 5.11 Å². The lowest BCUT2D eigenvalue weighted by atomic mass is 9.40. The van der Waals surface area contributed by atoms with Crippen LogP contribution < -0.4 is 0 Å². The normalized spacial score (nSPS) is 46.9. The molecule has 176 valence electrons. The molecule has 1 nitrogen and oxygen atoms in total. The fourth-order valence-corrected chi connectivity index (χ4v) is 9.57. The third-order valence-electron chi connectivity index (χ3n) is 11.7. The van der Waals surface area contributed by atoms with Crippen molar-refractivity contribution in [1.29, 1.82) is 0 Å². The fraction of sp³-hybridized carbons (Fsp3) is 0.867. The molecule has 1 N–H and O–H groups in total. The van der Waals surface area contributed by atoms with Gasteiger partial charge in [-0.2, -0.15) is 0 Å².